The van der Waals surface area contributed by atoms with E-state index < -0.39 is 11.9 Å². The van der Waals surface area contributed by atoms with Gasteiger partial charge in [0.15, 0.2) is 11.7 Å². The summed E-state index contributed by atoms with van der Waals surface area (Å²) in [6.07, 6.45) is 0.297. The lowest BCUT2D eigenvalue weighted by atomic mass is 9.95. The van der Waals surface area contributed by atoms with Crippen LogP contribution in [0.25, 0.3) is 0 Å². The van der Waals surface area contributed by atoms with Gasteiger partial charge >= 0.3 is 6.18 Å². The Morgan fingerprint density at radius 1 is 1.37 bits per heavy atom. The molecular formula is C17H24F3N5OS. The van der Waals surface area contributed by atoms with E-state index in [1.54, 1.807) is 14.1 Å². The van der Waals surface area contributed by atoms with Crippen LogP contribution in [0.5, 0.6) is 0 Å². The number of guanidine groups is 1. The maximum atomic E-state index is 12.7. The number of hydrogen-bond donors (Lipinski definition) is 2. The molecule has 1 heterocycles. The van der Waals surface area contributed by atoms with E-state index in [2.05, 4.69) is 20.6 Å². The number of nitrogens with one attached hydrogen (secondary N) is 2. The molecule has 0 aromatic carbocycles. The van der Waals surface area contributed by atoms with Crippen LogP contribution in [0.4, 0.5) is 13.2 Å². The Kier molecular flexibility index (Phi) is 5.92. The van der Waals surface area contributed by atoms with Gasteiger partial charge in [-0.15, -0.1) is 11.3 Å². The number of likely N-dealkylation sites (N-methyl/N-ethyl adjacent to an activating group) is 1. The van der Waals surface area contributed by atoms with Gasteiger partial charge in [-0.3, -0.25) is 4.79 Å². The molecule has 150 valence electrons. The number of halogens is 3. The third kappa shape index (κ3) is 5.12. The van der Waals surface area contributed by atoms with Gasteiger partial charge in [-0.1, -0.05) is 6.42 Å². The predicted molar refractivity (Wildman–Crippen MR) is 97.3 cm³/mol. The van der Waals surface area contributed by atoms with Gasteiger partial charge in [0, 0.05) is 25.5 Å². The lowest BCUT2D eigenvalue weighted by Gasteiger charge is -2.25. The highest BCUT2D eigenvalue weighted by Crippen LogP contribution is 2.44. The summed E-state index contributed by atoms with van der Waals surface area (Å²) in [6, 6.07) is 0.298. The molecule has 0 aliphatic heterocycles. The summed E-state index contributed by atoms with van der Waals surface area (Å²) in [7, 11) is 3.31. The first-order valence-electron chi connectivity index (χ1n) is 8.99. The number of carbonyl (C=O) groups excluding carboxylic acids is 1. The molecule has 27 heavy (non-hydrogen) atoms. The largest absolute Gasteiger partial charge is 0.434 e. The van der Waals surface area contributed by atoms with Crippen LogP contribution < -0.4 is 10.6 Å². The summed E-state index contributed by atoms with van der Waals surface area (Å²) in [4.78, 5) is 21.2. The summed E-state index contributed by atoms with van der Waals surface area (Å²) in [5, 5.41) is 7.73. The van der Waals surface area contributed by atoms with Crippen molar-refractivity contribution < 1.29 is 18.0 Å². The molecule has 2 fully saturated rings. The number of nitrogens with zero attached hydrogens (tertiary/aromatic N) is 3. The fraction of sp³-hybridized carbons (Fsp3) is 0.706. The van der Waals surface area contributed by atoms with Crippen LogP contribution in [0.1, 0.15) is 36.4 Å². The Morgan fingerprint density at radius 2 is 2.15 bits per heavy atom. The van der Waals surface area contributed by atoms with Gasteiger partial charge in [-0.25, -0.2) is 9.98 Å². The number of amides is 1. The second kappa shape index (κ2) is 8.04. The Bertz CT molecular complexity index is 703. The Hall–Kier alpha value is -1.84. The topological polar surface area (TPSA) is 69.6 Å². The number of alkyl halides is 3. The number of hydrogen-bond acceptors (Lipinski definition) is 4. The third-order valence-electron chi connectivity index (χ3n) is 5.18. The highest BCUT2D eigenvalue weighted by Gasteiger charge is 2.40. The van der Waals surface area contributed by atoms with Gasteiger partial charge in [0.05, 0.1) is 6.54 Å². The number of thiazole rings is 1. The first-order chi connectivity index (χ1) is 12.7. The van der Waals surface area contributed by atoms with E-state index >= 15 is 0 Å². The predicted octanol–water partition coefficient (Wildman–Crippen LogP) is 2.47. The fourth-order valence-electron chi connectivity index (χ4n) is 3.72. The molecule has 1 aromatic rings. The monoisotopic (exact) mass is 403 g/mol. The second-order valence-electron chi connectivity index (χ2n) is 7.36. The lowest BCUT2D eigenvalue weighted by Crippen LogP contribution is -2.45. The number of aromatic nitrogens is 1. The van der Waals surface area contributed by atoms with E-state index in [-0.39, 0.29) is 19.0 Å². The van der Waals surface area contributed by atoms with E-state index in [0.29, 0.717) is 22.9 Å². The summed E-state index contributed by atoms with van der Waals surface area (Å²) < 4.78 is 38.1. The van der Waals surface area contributed by atoms with Gasteiger partial charge in [-0.2, -0.15) is 13.2 Å². The Morgan fingerprint density at radius 3 is 2.70 bits per heavy atom. The van der Waals surface area contributed by atoms with E-state index in [0.717, 1.165) is 29.1 Å². The molecule has 3 unspecified atom stereocenters. The van der Waals surface area contributed by atoms with Gasteiger partial charge in [-0.05, 0) is 31.1 Å². The van der Waals surface area contributed by atoms with Crippen LogP contribution in [0.15, 0.2) is 10.4 Å². The molecule has 1 amide bonds. The number of fused-ring (bicyclic) bond motifs is 2. The first kappa shape index (κ1) is 19.9. The SMILES string of the molecule is CN(C)C(=O)CN=C(NCc1nc(C(F)(F)F)cs1)NC1CC2CCC1C2. The minimum atomic E-state index is -4.44. The standard InChI is InChI=1S/C17H24F3N5OS/c1-25(2)15(26)8-22-16(23-12-6-10-3-4-11(12)5-10)21-7-14-24-13(9-27-14)17(18,19)20/h9-12H,3-8H2,1-2H3,(H2,21,22,23). The quantitative estimate of drug-likeness (QED) is 0.585. The van der Waals surface area contributed by atoms with Crippen molar-refractivity contribution in [2.24, 2.45) is 16.8 Å². The van der Waals surface area contributed by atoms with E-state index in [9.17, 15) is 18.0 Å². The first-order valence-corrected chi connectivity index (χ1v) is 9.87. The van der Waals surface area contributed by atoms with Gasteiger partial charge < -0.3 is 15.5 Å². The van der Waals surface area contributed by atoms with E-state index in [1.807, 2.05) is 0 Å². The molecule has 3 atom stereocenters. The summed E-state index contributed by atoms with van der Waals surface area (Å²) in [6.45, 7) is 0.109. The molecule has 2 aliphatic carbocycles. The zero-order valence-electron chi connectivity index (χ0n) is 15.3. The maximum absolute atomic E-state index is 12.7. The molecule has 0 saturated heterocycles. The number of rotatable bonds is 5. The van der Waals surface area contributed by atoms with Crippen LogP contribution in [0.2, 0.25) is 0 Å². The van der Waals surface area contributed by atoms with Crippen molar-refractivity contribution in [1.82, 2.24) is 20.5 Å². The third-order valence-corrected chi connectivity index (χ3v) is 6.03. The molecule has 2 N–H and O–H groups in total. The van der Waals surface area contributed by atoms with E-state index in [1.165, 1.54) is 24.2 Å². The molecule has 0 radical (unpaired) electrons. The van der Waals surface area contributed by atoms with Crippen molar-refractivity contribution in [2.75, 3.05) is 20.6 Å². The molecule has 2 saturated carbocycles. The summed E-state index contributed by atoms with van der Waals surface area (Å²) >= 11 is 0.951. The van der Waals surface area contributed by atoms with Gasteiger partial charge in [0.1, 0.15) is 11.6 Å². The summed E-state index contributed by atoms with van der Waals surface area (Å²) in [5.74, 6) is 1.65. The molecule has 3 rings (SSSR count). The zero-order valence-corrected chi connectivity index (χ0v) is 16.2. The lowest BCUT2D eigenvalue weighted by molar-refractivity contribution is -0.140. The van der Waals surface area contributed by atoms with Crippen molar-refractivity contribution in [3.8, 4) is 0 Å². The molecule has 0 spiro atoms. The van der Waals surface area contributed by atoms with Crippen molar-refractivity contribution in [1.29, 1.82) is 0 Å². The van der Waals surface area contributed by atoms with Crippen LogP contribution in [0, 0.1) is 11.8 Å². The van der Waals surface area contributed by atoms with Crippen molar-refractivity contribution in [2.45, 2.75) is 44.4 Å². The zero-order chi connectivity index (χ0) is 19.6. The highest BCUT2D eigenvalue weighted by atomic mass is 32.1. The van der Waals surface area contributed by atoms with Gasteiger partial charge in [0.2, 0.25) is 5.91 Å². The average Bonchev–Trinajstić information content (AvgIpc) is 3.32. The van der Waals surface area contributed by atoms with Crippen molar-refractivity contribution in [3.05, 3.63) is 16.1 Å². The highest BCUT2D eigenvalue weighted by molar-refractivity contribution is 7.09. The minimum absolute atomic E-state index is 0.0190. The van der Waals surface area contributed by atoms with E-state index in [4.69, 9.17) is 0 Å². The van der Waals surface area contributed by atoms with Gasteiger partial charge in [0.25, 0.3) is 0 Å². The van der Waals surface area contributed by atoms with Crippen LogP contribution in [0.3, 0.4) is 0 Å². The number of carbonyl (C=O) groups is 1. The van der Waals surface area contributed by atoms with Crippen LogP contribution >= 0.6 is 11.3 Å². The Balaban J connectivity index is 1.63. The molecule has 2 aliphatic rings. The maximum Gasteiger partial charge on any atom is 0.434 e. The van der Waals surface area contributed by atoms with Crippen molar-refractivity contribution >= 4 is 23.2 Å². The fourth-order valence-corrected chi connectivity index (χ4v) is 4.46. The van der Waals surface area contributed by atoms with Crippen LogP contribution in [-0.2, 0) is 17.5 Å². The molecule has 1 aromatic heterocycles. The molecule has 2 bridgehead atoms. The van der Waals surface area contributed by atoms with Crippen molar-refractivity contribution in [3.63, 3.8) is 0 Å². The normalized spacial score (nSPS) is 24.9. The smallest absolute Gasteiger partial charge is 0.353 e. The number of aliphatic imine (C=N–C) groups is 1. The average molecular weight is 403 g/mol. The molecule has 10 heteroatoms. The minimum Gasteiger partial charge on any atom is -0.353 e. The van der Waals surface area contributed by atoms with Crippen LogP contribution in [-0.4, -0.2) is 48.4 Å². The molecular weight excluding hydrogens is 379 g/mol. The summed E-state index contributed by atoms with van der Waals surface area (Å²) in [5.41, 5.74) is -0.883. The molecule has 6 nitrogen and oxygen atoms in total. The second-order valence-corrected chi connectivity index (χ2v) is 8.30. The Labute approximate surface area is 160 Å².